The summed E-state index contributed by atoms with van der Waals surface area (Å²) in [7, 11) is 0. The van der Waals surface area contributed by atoms with Gasteiger partial charge in [0, 0.05) is 36.9 Å². The molecule has 7 nitrogen and oxygen atoms in total. The summed E-state index contributed by atoms with van der Waals surface area (Å²) in [6, 6.07) is 12.4. The Morgan fingerprint density at radius 1 is 1.12 bits per heavy atom. The number of aromatic nitrogens is 3. The number of nitrogens with zero attached hydrogens (tertiary/aromatic N) is 3. The maximum Gasteiger partial charge on any atom is 0.251 e. The average molecular weight is 448 g/mol. The molecule has 0 saturated heterocycles. The molecule has 2 N–H and O–H groups in total. The Balaban J connectivity index is 1.47. The fourth-order valence-electron chi connectivity index (χ4n) is 3.39. The number of thiazole rings is 1. The molecule has 3 aromatic heterocycles. The van der Waals surface area contributed by atoms with Gasteiger partial charge in [0.25, 0.3) is 5.91 Å². The van der Waals surface area contributed by atoms with E-state index in [1.165, 1.54) is 11.3 Å². The zero-order valence-electron chi connectivity index (χ0n) is 18.0. The maximum absolute atomic E-state index is 13.0. The van der Waals surface area contributed by atoms with Crippen molar-refractivity contribution in [1.82, 2.24) is 25.2 Å². The number of hydrogen-bond acceptors (Lipinski definition) is 5. The number of fused-ring (bicyclic) bond motifs is 1. The Labute approximate surface area is 190 Å². The molecule has 4 rings (SSSR count). The lowest BCUT2D eigenvalue weighted by Gasteiger charge is -2.20. The molecule has 4 aromatic rings. The fourth-order valence-corrected chi connectivity index (χ4v) is 4.36. The third-order valence-electron chi connectivity index (χ3n) is 4.98. The second kappa shape index (κ2) is 9.74. The van der Waals surface area contributed by atoms with Gasteiger partial charge in [-0.05, 0) is 54.3 Å². The highest BCUT2D eigenvalue weighted by molar-refractivity contribution is 7.20. The van der Waals surface area contributed by atoms with Crippen molar-refractivity contribution in [3.05, 3.63) is 78.4 Å². The number of amides is 2. The van der Waals surface area contributed by atoms with Crippen LogP contribution in [0.3, 0.4) is 0 Å². The van der Waals surface area contributed by atoms with Crippen molar-refractivity contribution in [2.45, 2.75) is 32.9 Å². The van der Waals surface area contributed by atoms with E-state index in [1.807, 2.05) is 67.2 Å². The van der Waals surface area contributed by atoms with Crippen LogP contribution in [0.5, 0.6) is 0 Å². The van der Waals surface area contributed by atoms with Crippen LogP contribution in [0.1, 0.15) is 36.2 Å². The Morgan fingerprint density at radius 3 is 2.66 bits per heavy atom. The predicted molar refractivity (Wildman–Crippen MR) is 126 cm³/mol. The summed E-state index contributed by atoms with van der Waals surface area (Å²) in [4.78, 5) is 34.5. The molecule has 0 aliphatic carbocycles. The van der Waals surface area contributed by atoms with Gasteiger partial charge in [-0.25, -0.2) is 4.98 Å². The lowest BCUT2D eigenvalue weighted by Crippen LogP contribution is -2.47. The first kappa shape index (κ1) is 21.7. The van der Waals surface area contributed by atoms with Crippen LogP contribution in [0.15, 0.2) is 67.3 Å². The molecule has 0 unspecified atom stereocenters. The molecule has 0 saturated carbocycles. The van der Waals surface area contributed by atoms with E-state index in [1.54, 1.807) is 18.5 Å². The van der Waals surface area contributed by atoms with Crippen molar-refractivity contribution in [2.75, 3.05) is 0 Å². The molecule has 0 spiro atoms. The molecule has 8 heteroatoms. The molecule has 0 bridgehead atoms. The lowest BCUT2D eigenvalue weighted by atomic mass is 10.0. The minimum atomic E-state index is -0.619. The van der Waals surface area contributed by atoms with Crippen LogP contribution in [0.25, 0.3) is 15.3 Å². The summed E-state index contributed by atoms with van der Waals surface area (Å²) in [5.41, 5.74) is 2.25. The van der Waals surface area contributed by atoms with E-state index in [4.69, 9.17) is 0 Å². The zero-order chi connectivity index (χ0) is 22.5. The number of carbonyl (C=O) groups is 2. The van der Waals surface area contributed by atoms with Gasteiger partial charge in [0.1, 0.15) is 6.04 Å². The van der Waals surface area contributed by atoms with E-state index in [2.05, 4.69) is 20.6 Å². The van der Waals surface area contributed by atoms with E-state index in [9.17, 15) is 9.59 Å². The fraction of sp³-hybridized carbons (Fsp3) is 0.250. The van der Waals surface area contributed by atoms with Gasteiger partial charge in [0.05, 0.1) is 10.2 Å². The Bertz CT molecular complexity index is 1200. The standard InChI is InChI=1S/C24H25N5O2S/c1-16(2)12-20(23(31)26-15-17-6-5-9-25-14-17)27-22(30)18-7-8-19-21(13-18)32-24(28-19)29-10-3-4-11-29/h3-11,13-14,16,20H,12,15H2,1-2H3,(H,26,31)(H,27,30)/t20-/m0/s1. The van der Waals surface area contributed by atoms with Crippen molar-refractivity contribution in [3.63, 3.8) is 0 Å². The minimum Gasteiger partial charge on any atom is -0.350 e. The molecule has 0 aliphatic heterocycles. The summed E-state index contributed by atoms with van der Waals surface area (Å²) >= 11 is 1.51. The lowest BCUT2D eigenvalue weighted by molar-refractivity contribution is -0.123. The first-order chi connectivity index (χ1) is 15.5. The quantitative estimate of drug-likeness (QED) is 0.428. The van der Waals surface area contributed by atoms with Crippen LogP contribution < -0.4 is 10.6 Å². The first-order valence-corrected chi connectivity index (χ1v) is 11.3. The molecule has 1 atom stereocenters. The highest BCUT2D eigenvalue weighted by Crippen LogP contribution is 2.26. The summed E-state index contributed by atoms with van der Waals surface area (Å²) in [5.74, 6) is -0.229. The van der Waals surface area contributed by atoms with E-state index in [0.717, 1.165) is 20.9 Å². The summed E-state index contributed by atoms with van der Waals surface area (Å²) in [6.07, 6.45) is 7.82. The summed E-state index contributed by atoms with van der Waals surface area (Å²) in [6.45, 7) is 4.42. The second-order valence-corrected chi connectivity index (χ2v) is 9.01. The van der Waals surface area contributed by atoms with E-state index < -0.39 is 6.04 Å². The third kappa shape index (κ3) is 5.20. The number of hydrogen-bond donors (Lipinski definition) is 2. The first-order valence-electron chi connectivity index (χ1n) is 10.5. The molecule has 0 fully saturated rings. The van der Waals surface area contributed by atoms with Gasteiger partial charge in [0.2, 0.25) is 5.91 Å². The smallest absolute Gasteiger partial charge is 0.251 e. The average Bonchev–Trinajstić information content (AvgIpc) is 3.46. The topological polar surface area (TPSA) is 88.9 Å². The number of benzene rings is 1. The highest BCUT2D eigenvalue weighted by Gasteiger charge is 2.23. The maximum atomic E-state index is 13.0. The summed E-state index contributed by atoms with van der Waals surface area (Å²) in [5, 5.41) is 6.66. The van der Waals surface area contributed by atoms with E-state index >= 15 is 0 Å². The Kier molecular flexibility index (Phi) is 6.61. The normalized spacial score (nSPS) is 12.1. The zero-order valence-corrected chi connectivity index (χ0v) is 18.8. The van der Waals surface area contributed by atoms with Crippen molar-refractivity contribution in [3.8, 4) is 5.13 Å². The van der Waals surface area contributed by atoms with Crippen LogP contribution in [-0.2, 0) is 11.3 Å². The Morgan fingerprint density at radius 2 is 1.94 bits per heavy atom. The van der Waals surface area contributed by atoms with Crippen LogP contribution in [0.4, 0.5) is 0 Å². The van der Waals surface area contributed by atoms with E-state index in [-0.39, 0.29) is 17.7 Å². The molecule has 32 heavy (non-hydrogen) atoms. The van der Waals surface area contributed by atoms with Gasteiger partial charge >= 0.3 is 0 Å². The molecule has 0 radical (unpaired) electrons. The van der Waals surface area contributed by atoms with Crippen molar-refractivity contribution >= 4 is 33.4 Å². The predicted octanol–water partition coefficient (Wildman–Crippen LogP) is 3.94. The second-order valence-electron chi connectivity index (χ2n) is 8.00. The molecule has 164 valence electrons. The van der Waals surface area contributed by atoms with Gasteiger partial charge in [-0.3, -0.25) is 14.6 Å². The van der Waals surface area contributed by atoms with Crippen LogP contribution >= 0.6 is 11.3 Å². The number of pyridine rings is 1. The Hall–Kier alpha value is -3.52. The van der Waals surface area contributed by atoms with Crippen LogP contribution in [0, 0.1) is 5.92 Å². The van der Waals surface area contributed by atoms with Crippen LogP contribution in [-0.4, -0.2) is 32.4 Å². The molecule has 1 aromatic carbocycles. The van der Waals surface area contributed by atoms with E-state index in [0.29, 0.717) is 18.5 Å². The SMILES string of the molecule is CC(C)C[C@H](NC(=O)c1ccc2nc(-n3cccc3)sc2c1)C(=O)NCc1cccnc1. The van der Waals surface area contributed by atoms with Gasteiger partial charge < -0.3 is 15.2 Å². The van der Waals surface area contributed by atoms with Crippen molar-refractivity contribution < 1.29 is 9.59 Å². The summed E-state index contributed by atoms with van der Waals surface area (Å²) < 4.78 is 2.86. The van der Waals surface area contributed by atoms with Crippen molar-refractivity contribution in [2.24, 2.45) is 5.92 Å². The monoisotopic (exact) mass is 447 g/mol. The molecule has 0 aliphatic rings. The highest BCUT2D eigenvalue weighted by atomic mass is 32.1. The number of carbonyl (C=O) groups excluding carboxylic acids is 2. The van der Waals surface area contributed by atoms with Gasteiger partial charge in [-0.1, -0.05) is 31.3 Å². The molecular formula is C24H25N5O2S. The third-order valence-corrected chi connectivity index (χ3v) is 6.01. The number of nitrogens with one attached hydrogen (secondary N) is 2. The molecule has 2 amide bonds. The molecule has 3 heterocycles. The number of rotatable bonds is 8. The van der Waals surface area contributed by atoms with Crippen LogP contribution in [0.2, 0.25) is 0 Å². The largest absolute Gasteiger partial charge is 0.350 e. The minimum absolute atomic E-state index is 0.204. The van der Waals surface area contributed by atoms with Gasteiger partial charge in [-0.15, -0.1) is 0 Å². The molecular weight excluding hydrogens is 422 g/mol. The van der Waals surface area contributed by atoms with Gasteiger partial charge in [0.15, 0.2) is 5.13 Å². The van der Waals surface area contributed by atoms with Crippen molar-refractivity contribution in [1.29, 1.82) is 0 Å². The van der Waals surface area contributed by atoms with Gasteiger partial charge in [-0.2, -0.15) is 0 Å².